The number of carbonyl (C=O) groups excluding carboxylic acids is 2. The Morgan fingerprint density at radius 2 is 1.82 bits per heavy atom. The largest absolute Gasteiger partial charge is 0.460 e. The molecule has 0 radical (unpaired) electrons. The molecular weight excluding hydrogens is 234 g/mol. The van der Waals surface area contributed by atoms with Crippen LogP contribution in [0.5, 0.6) is 5.75 Å². The van der Waals surface area contributed by atoms with Crippen molar-refractivity contribution >= 4 is 11.8 Å². The predicted molar refractivity (Wildman–Crippen MR) is 54.0 cm³/mol. The van der Waals surface area contributed by atoms with E-state index in [4.69, 9.17) is 0 Å². The molecule has 0 atom stereocenters. The highest BCUT2D eigenvalue weighted by molar-refractivity contribution is 6.40. The molecule has 0 fully saturated rings. The number of hydrogen-bond donors (Lipinski definition) is 0. The van der Waals surface area contributed by atoms with Gasteiger partial charge in [-0.3, -0.25) is 4.79 Å². The number of benzene rings is 1. The monoisotopic (exact) mass is 244 g/mol. The summed E-state index contributed by atoms with van der Waals surface area (Å²) in [5, 5.41) is 0. The lowest BCUT2D eigenvalue weighted by Gasteiger charge is -2.05. The van der Waals surface area contributed by atoms with Crippen LogP contribution in [0.15, 0.2) is 24.3 Å². The minimum atomic E-state index is -2.93. The van der Waals surface area contributed by atoms with Gasteiger partial charge in [0.2, 0.25) is 0 Å². The highest BCUT2D eigenvalue weighted by Gasteiger charge is 2.17. The summed E-state index contributed by atoms with van der Waals surface area (Å²) in [6, 6.07) is 4.80. The molecule has 0 amide bonds. The number of carbonyl (C=O) groups is 2. The van der Waals surface area contributed by atoms with Gasteiger partial charge in [-0.25, -0.2) is 4.79 Å². The Balaban J connectivity index is 2.73. The summed E-state index contributed by atoms with van der Waals surface area (Å²) in [5.41, 5.74) is 0.0602. The maximum atomic E-state index is 11.8. The first kappa shape index (κ1) is 13.1. The molecule has 6 heteroatoms. The van der Waals surface area contributed by atoms with Crippen molar-refractivity contribution in [3.63, 3.8) is 0 Å². The van der Waals surface area contributed by atoms with Crippen molar-refractivity contribution in [2.24, 2.45) is 0 Å². The van der Waals surface area contributed by atoms with Gasteiger partial charge < -0.3 is 9.47 Å². The van der Waals surface area contributed by atoms with Crippen molar-refractivity contribution in [3.8, 4) is 5.75 Å². The van der Waals surface area contributed by atoms with Crippen LogP contribution >= 0.6 is 0 Å². The van der Waals surface area contributed by atoms with Gasteiger partial charge in [0, 0.05) is 5.56 Å². The summed E-state index contributed by atoms with van der Waals surface area (Å²) in [5.74, 6) is -1.88. The van der Waals surface area contributed by atoms with Gasteiger partial charge in [-0.15, -0.1) is 0 Å². The van der Waals surface area contributed by atoms with E-state index >= 15 is 0 Å². The molecule has 0 saturated carbocycles. The minimum absolute atomic E-state index is 0.0602. The van der Waals surface area contributed by atoms with E-state index in [0.29, 0.717) is 0 Å². The first-order valence-corrected chi connectivity index (χ1v) is 4.81. The van der Waals surface area contributed by atoms with Crippen LogP contribution in [0, 0.1) is 0 Å². The summed E-state index contributed by atoms with van der Waals surface area (Å²) >= 11 is 0. The van der Waals surface area contributed by atoms with E-state index in [-0.39, 0.29) is 17.9 Å². The molecule has 0 heterocycles. The molecule has 0 aliphatic heterocycles. The average Bonchev–Trinajstić information content (AvgIpc) is 2.28. The normalized spacial score (nSPS) is 10.1. The third-order valence-electron chi connectivity index (χ3n) is 1.80. The van der Waals surface area contributed by atoms with Crippen LogP contribution in [0.1, 0.15) is 17.3 Å². The molecule has 1 rings (SSSR count). The summed E-state index contributed by atoms with van der Waals surface area (Å²) in [6.45, 7) is -1.26. The Morgan fingerprint density at radius 1 is 1.24 bits per heavy atom. The van der Waals surface area contributed by atoms with Gasteiger partial charge in [-0.05, 0) is 31.2 Å². The van der Waals surface area contributed by atoms with Crippen LogP contribution in [0.3, 0.4) is 0 Å². The fourth-order valence-electron chi connectivity index (χ4n) is 1.10. The molecule has 0 unspecified atom stereocenters. The number of alkyl halides is 2. The SMILES string of the molecule is CCOC(=O)C(=O)c1ccc(OC(F)F)cc1. The molecule has 1 aromatic carbocycles. The van der Waals surface area contributed by atoms with E-state index in [9.17, 15) is 18.4 Å². The van der Waals surface area contributed by atoms with E-state index < -0.39 is 18.4 Å². The van der Waals surface area contributed by atoms with E-state index in [2.05, 4.69) is 9.47 Å². The molecule has 0 bridgehead atoms. The fourth-order valence-corrected chi connectivity index (χ4v) is 1.10. The maximum absolute atomic E-state index is 11.8. The lowest BCUT2D eigenvalue weighted by Crippen LogP contribution is -2.17. The second kappa shape index (κ2) is 5.93. The van der Waals surface area contributed by atoms with E-state index in [1.54, 1.807) is 6.92 Å². The molecule has 0 N–H and O–H groups in total. The molecule has 0 saturated heterocycles. The topological polar surface area (TPSA) is 52.6 Å². The van der Waals surface area contributed by atoms with Gasteiger partial charge in [0.25, 0.3) is 5.78 Å². The molecule has 92 valence electrons. The highest BCUT2D eigenvalue weighted by Crippen LogP contribution is 2.15. The fraction of sp³-hybridized carbons (Fsp3) is 0.273. The zero-order valence-electron chi connectivity index (χ0n) is 8.98. The van der Waals surface area contributed by atoms with Gasteiger partial charge in [0.1, 0.15) is 5.75 Å². The van der Waals surface area contributed by atoms with Crippen molar-refractivity contribution < 1.29 is 27.8 Å². The maximum Gasteiger partial charge on any atom is 0.387 e. The summed E-state index contributed by atoms with van der Waals surface area (Å²) in [7, 11) is 0. The number of Topliss-reactive ketones (excluding diaryl/α,β-unsaturated/α-hetero) is 1. The average molecular weight is 244 g/mol. The van der Waals surface area contributed by atoms with E-state index in [0.717, 1.165) is 0 Å². The molecule has 17 heavy (non-hydrogen) atoms. The Bertz CT molecular complexity index is 400. The number of rotatable bonds is 5. The van der Waals surface area contributed by atoms with Gasteiger partial charge >= 0.3 is 12.6 Å². The standard InChI is InChI=1S/C11H10F2O4/c1-2-16-10(15)9(14)7-3-5-8(6-4-7)17-11(12)13/h3-6,11H,2H2,1H3. The first-order valence-electron chi connectivity index (χ1n) is 4.81. The number of hydrogen-bond acceptors (Lipinski definition) is 4. The second-order valence-electron chi connectivity index (χ2n) is 2.95. The molecule has 0 aliphatic carbocycles. The third kappa shape index (κ3) is 3.82. The van der Waals surface area contributed by atoms with Gasteiger partial charge in [0.05, 0.1) is 6.61 Å². The zero-order valence-corrected chi connectivity index (χ0v) is 8.98. The van der Waals surface area contributed by atoms with Crippen LogP contribution in [-0.4, -0.2) is 25.0 Å². The molecule has 4 nitrogen and oxygen atoms in total. The predicted octanol–water partition coefficient (Wildman–Crippen LogP) is 2.03. The summed E-state index contributed by atoms with van der Waals surface area (Å²) < 4.78 is 32.3. The lowest BCUT2D eigenvalue weighted by molar-refractivity contribution is -0.137. The molecular formula is C11H10F2O4. The smallest absolute Gasteiger partial charge is 0.387 e. The molecule has 1 aromatic rings. The van der Waals surface area contributed by atoms with Crippen LogP contribution < -0.4 is 4.74 Å². The highest BCUT2D eigenvalue weighted by atomic mass is 19.3. The van der Waals surface area contributed by atoms with Crippen molar-refractivity contribution in [1.82, 2.24) is 0 Å². The van der Waals surface area contributed by atoms with Crippen LogP contribution in [0.2, 0.25) is 0 Å². The molecule has 0 aliphatic rings. The van der Waals surface area contributed by atoms with Crippen molar-refractivity contribution in [2.45, 2.75) is 13.5 Å². The van der Waals surface area contributed by atoms with Crippen LogP contribution in [-0.2, 0) is 9.53 Å². The summed E-state index contributed by atoms with van der Waals surface area (Å²) in [4.78, 5) is 22.5. The number of esters is 1. The molecule has 0 spiro atoms. The van der Waals surface area contributed by atoms with Crippen molar-refractivity contribution in [1.29, 1.82) is 0 Å². The van der Waals surface area contributed by atoms with E-state index in [1.165, 1.54) is 24.3 Å². The number of ether oxygens (including phenoxy) is 2. The quantitative estimate of drug-likeness (QED) is 0.452. The van der Waals surface area contributed by atoms with Crippen LogP contribution in [0.4, 0.5) is 8.78 Å². The van der Waals surface area contributed by atoms with Gasteiger partial charge in [-0.1, -0.05) is 0 Å². The lowest BCUT2D eigenvalue weighted by atomic mass is 10.1. The van der Waals surface area contributed by atoms with Crippen LogP contribution in [0.25, 0.3) is 0 Å². The number of halogens is 2. The second-order valence-corrected chi connectivity index (χ2v) is 2.95. The molecule has 0 aromatic heterocycles. The number of ketones is 1. The van der Waals surface area contributed by atoms with Gasteiger partial charge in [-0.2, -0.15) is 8.78 Å². The Labute approximate surface area is 96.1 Å². The Kier molecular flexibility index (Phi) is 4.56. The zero-order chi connectivity index (χ0) is 12.8. The summed E-state index contributed by atoms with van der Waals surface area (Å²) in [6.07, 6.45) is 0. The minimum Gasteiger partial charge on any atom is -0.460 e. The third-order valence-corrected chi connectivity index (χ3v) is 1.80. The van der Waals surface area contributed by atoms with Gasteiger partial charge in [0.15, 0.2) is 0 Å². The van der Waals surface area contributed by atoms with Crippen molar-refractivity contribution in [3.05, 3.63) is 29.8 Å². The Morgan fingerprint density at radius 3 is 2.29 bits per heavy atom. The Hall–Kier alpha value is -1.98. The van der Waals surface area contributed by atoms with E-state index in [1.807, 2.05) is 0 Å². The van der Waals surface area contributed by atoms with Crippen molar-refractivity contribution in [2.75, 3.05) is 6.61 Å². The first-order chi connectivity index (χ1) is 8.04.